The molecule has 2 rings (SSSR count). The van der Waals surface area contributed by atoms with Gasteiger partial charge in [0.2, 0.25) is 0 Å². The highest BCUT2D eigenvalue weighted by molar-refractivity contribution is 5.73. The van der Waals surface area contributed by atoms with Crippen LogP contribution < -0.4 is 10.6 Å². The summed E-state index contributed by atoms with van der Waals surface area (Å²) in [7, 11) is 0. The highest BCUT2D eigenvalue weighted by Gasteiger charge is 2.42. The minimum atomic E-state index is -5.08. The summed E-state index contributed by atoms with van der Waals surface area (Å²) in [5, 5.41) is 14.0. The van der Waals surface area contributed by atoms with Gasteiger partial charge in [0.1, 0.15) is 0 Å². The molecule has 0 amide bonds. The van der Waals surface area contributed by atoms with E-state index in [-0.39, 0.29) is 0 Å². The maximum absolute atomic E-state index is 10.6. The average Bonchev–Trinajstić information content (AvgIpc) is 2.95. The third-order valence-corrected chi connectivity index (χ3v) is 2.68. The lowest BCUT2D eigenvalue weighted by atomic mass is 10.1. The molecule has 1 saturated carbocycles. The molecule has 1 aliphatic heterocycles. The fraction of sp³-hybridized carbons (Fsp3) is 0.889. The van der Waals surface area contributed by atoms with Gasteiger partial charge in [-0.1, -0.05) is 0 Å². The summed E-state index contributed by atoms with van der Waals surface area (Å²) in [6, 6.07) is 0. The average molecular weight is 240 g/mol. The van der Waals surface area contributed by atoms with E-state index >= 15 is 0 Å². The molecule has 1 saturated heterocycles. The van der Waals surface area contributed by atoms with Crippen molar-refractivity contribution < 1.29 is 23.1 Å². The molecule has 0 atom stereocenters. The summed E-state index contributed by atoms with van der Waals surface area (Å²) in [4.78, 5) is 8.90. The lowest BCUT2D eigenvalue weighted by Gasteiger charge is -2.09. The minimum absolute atomic E-state index is 0.691. The third kappa shape index (κ3) is 4.36. The van der Waals surface area contributed by atoms with Gasteiger partial charge in [0.25, 0.3) is 0 Å². The summed E-state index contributed by atoms with van der Waals surface area (Å²) < 4.78 is 31.7. The molecular formula is C9H15F3N2O2. The van der Waals surface area contributed by atoms with E-state index in [0.29, 0.717) is 5.41 Å². The van der Waals surface area contributed by atoms with Crippen LogP contribution in [-0.4, -0.2) is 43.4 Å². The Morgan fingerprint density at radius 2 is 1.50 bits per heavy atom. The van der Waals surface area contributed by atoms with Crippen molar-refractivity contribution in [2.45, 2.75) is 19.0 Å². The van der Waals surface area contributed by atoms with Crippen LogP contribution in [0.3, 0.4) is 0 Å². The largest absolute Gasteiger partial charge is 0.490 e. The quantitative estimate of drug-likeness (QED) is 0.580. The second kappa shape index (κ2) is 5.01. The maximum Gasteiger partial charge on any atom is 0.490 e. The molecular weight excluding hydrogens is 225 g/mol. The topological polar surface area (TPSA) is 61.4 Å². The van der Waals surface area contributed by atoms with Crippen molar-refractivity contribution in [2.75, 3.05) is 26.2 Å². The highest BCUT2D eigenvalue weighted by atomic mass is 19.4. The zero-order chi connectivity index (χ0) is 12.2. The summed E-state index contributed by atoms with van der Waals surface area (Å²) in [6.07, 6.45) is -2.21. The standard InChI is InChI=1S/C7H14N2.C2HF3O2/c1-2-7(1)5-8-3-4-9-6-7;3-2(4,5)1(6)7/h8-9H,1-6H2;(H,6,7). The van der Waals surface area contributed by atoms with Crippen molar-refractivity contribution in [2.24, 2.45) is 5.41 Å². The fourth-order valence-electron chi connectivity index (χ4n) is 1.48. The number of hydrogen-bond donors (Lipinski definition) is 3. The van der Waals surface area contributed by atoms with Gasteiger partial charge in [0.05, 0.1) is 0 Å². The van der Waals surface area contributed by atoms with Crippen molar-refractivity contribution >= 4 is 5.97 Å². The first-order valence-electron chi connectivity index (χ1n) is 5.07. The van der Waals surface area contributed by atoms with E-state index < -0.39 is 12.1 Å². The monoisotopic (exact) mass is 240 g/mol. The van der Waals surface area contributed by atoms with Crippen molar-refractivity contribution in [3.05, 3.63) is 0 Å². The summed E-state index contributed by atoms with van der Waals surface area (Å²) in [5.41, 5.74) is 0.691. The Hall–Kier alpha value is -0.820. The molecule has 1 heterocycles. The summed E-state index contributed by atoms with van der Waals surface area (Å²) >= 11 is 0. The SMILES string of the molecule is C1CNCC2(CC2)CN1.O=C(O)C(F)(F)F. The van der Waals surface area contributed by atoms with Gasteiger partial charge in [-0.2, -0.15) is 13.2 Å². The minimum Gasteiger partial charge on any atom is -0.475 e. The van der Waals surface area contributed by atoms with Crippen LogP contribution >= 0.6 is 0 Å². The Bertz CT molecular complexity index is 242. The normalized spacial score (nSPS) is 22.9. The molecule has 0 aromatic rings. The van der Waals surface area contributed by atoms with Gasteiger partial charge >= 0.3 is 12.1 Å². The number of aliphatic carboxylic acids is 1. The Morgan fingerprint density at radius 1 is 1.12 bits per heavy atom. The second-order valence-electron chi connectivity index (χ2n) is 4.16. The molecule has 16 heavy (non-hydrogen) atoms. The molecule has 1 spiro atoms. The van der Waals surface area contributed by atoms with E-state index in [1.165, 1.54) is 25.9 Å². The first-order chi connectivity index (χ1) is 7.36. The second-order valence-corrected chi connectivity index (χ2v) is 4.16. The number of carbonyl (C=O) groups is 1. The van der Waals surface area contributed by atoms with Gasteiger partial charge in [-0.25, -0.2) is 4.79 Å². The number of carboxylic acid groups (broad SMARTS) is 1. The van der Waals surface area contributed by atoms with Gasteiger partial charge in [0, 0.05) is 26.2 Å². The van der Waals surface area contributed by atoms with Crippen molar-refractivity contribution in [3.8, 4) is 0 Å². The van der Waals surface area contributed by atoms with Gasteiger partial charge in [-0.15, -0.1) is 0 Å². The number of nitrogens with one attached hydrogen (secondary N) is 2. The lowest BCUT2D eigenvalue weighted by Crippen LogP contribution is -2.24. The Labute approximate surface area is 91.2 Å². The first-order valence-corrected chi connectivity index (χ1v) is 5.07. The van der Waals surface area contributed by atoms with Gasteiger partial charge in [-0.05, 0) is 18.3 Å². The predicted molar refractivity (Wildman–Crippen MR) is 51.1 cm³/mol. The van der Waals surface area contributed by atoms with Crippen LogP contribution in [0.25, 0.3) is 0 Å². The molecule has 0 bridgehead atoms. The maximum atomic E-state index is 10.6. The molecule has 0 radical (unpaired) electrons. The molecule has 0 unspecified atom stereocenters. The van der Waals surface area contributed by atoms with E-state index in [1.807, 2.05) is 0 Å². The molecule has 3 N–H and O–H groups in total. The van der Waals surface area contributed by atoms with Crippen LogP contribution in [0.2, 0.25) is 0 Å². The lowest BCUT2D eigenvalue weighted by molar-refractivity contribution is -0.192. The number of halogens is 3. The Morgan fingerprint density at radius 3 is 1.75 bits per heavy atom. The summed E-state index contributed by atoms with van der Waals surface area (Å²) in [5.74, 6) is -2.76. The smallest absolute Gasteiger partial charge is 0.475 e. The van der Waals surface area contributed by atoms with Crippen LogP contribution in [-0.2, 0) is 4.79 Å². The Kier molecular flexibility index (Phi) is 4.15. The van der Waals surface area contributed by atoms with Crippen LogP contribution in [0.1, 0.15) is 12.8 Å². The van der Waals surface area contributed by atoms with Crippen molar-refractivity contribution in [3.63, 3.8) is 0 Å². The highest BCUT2D eigenvalue weighted by Crippen LogP contribution is 2.44. The van der Waals surface area contributed by atoms with Crippen LogP contribution in [0.15, 0.2) is 0 Å². The molecule has 94 valence electrons. The van der Waals surface area contributed by atoms with E-state index in [4.69, 9.17) is 9.90 Å². The van der Waals surface area contributed by atoms with Crippen LogP contribution in [0, 0.1) is 5.41 Å². The van der Waals surface area contributed by atoms with E-state index in [9.17, 15) is 13.2 Å². The van der Waals surface area contributed by atoms with E-state index in [1.54, 1.807) is 0 Å². The molecule has 2 fully saturated rings. The van der Waals surface area contributed by atoms with E-state index in [2.05, 4.69) is 10.6 Å². The van der Waals surface area contributed by atoms with E-state index in [0.717, 1.165) is 13.1 Å². The van der Waals surface area contributed by atoms with Crippen molar-refractivity contribution in [1.29, 1.82) is 0 Å². The number of hydrogen-bond acceptors (Lipinski definition) is 3. The fourth-order valence-corrected chi connectivity index (χ4v) is 1.48. The molecule has 7 heteroatoms. The summed E-state index contributed by atoms with van der Waals surface area (Å²) in [6.45, 7) is 4.81. The zero-order valence-corrected chi connectivity index (χ0v) is 8.73. The first kappa shape index (κ1) is 13.2. The number of carboxylic acids is 1. The Balaban J connectivity index is 0.000000168. The molecule has 1 aliphatic carbocycles. The van der Waals surface area contributed by atoms with Crippen molar-refractivity contribution in [1.82, 2.24) is 10.6 Å². The predicted octanol–water partition coefficient (Wildman–Crippen LogP) is 0.593. The number of alkyl halides is 3. The van der Waals surface area contributed by atoms with Gasteiger partial charge in [0.15, 0.2) is 0 Å². The van der Waals surface area contributed by atoms with Gasteiger partial charge < -0.3 is 15.7 Å². The molecule has 4 nitrogen and oxygen atoms in total. The molecule has 0 aromatic heterocycles. The molecule has 0 aromatic carbocycles. The molecule has 2 aliphatic rings. The number of rotatable bonds is 0. The zero-order valence-electron chi connectivity index (χ0n) is 8.73. The van der Waals surface area contributed by atoms with Crippen LogP contribution in [0.4, 0.5) is 13.2 Å². The third-order valence-electron chi connectivity index (χ3n) is 2.68. The van der Waals surface area contributed by atoms with Crippen LogP contribution in [0.5, 0.6) is 0 Å². The van der Waals surface area contributed by atoms with Gasteiger partial charge in [-0.3, -0.25) is 0 Å².